The molecule has 0 amide bonds. The molecule has 0 fully saturated rings. The van der Waals surface area contributed by atoms with Gasteiger partial charge in [-0.15, -0.1) is 0 Å². The number of rotatable bonds is 3. The summed E-state index contributed by atoms with van der Waals surface area (Å²) < 4.78 is 2.07. The summed E-state index contributed by atoms with van der Waals surface area (Å²) in [5.74, 6) is 0.754. The van der Waals surface area contributed by atoms with Crippen LogP contribution in [0.4, 0.5) is 0 Å². The molecule has 0 aliphatic carbocycles. The number of hydrogen-bond acceptors (Lipinski definition) is 2. The Hall–Kier alpha value is -2.36. The molecule has 0 atom stereocenters. The molecule has 1 aromatic carbocycles. The second kappa shape index (κ2) is 5.20. The topological polar surface area (TPSA) is 50.7 Å². The first-order valence-electron chi connectivity index (χ1n) is 7.29. The molecular formula is C17H19N3O. The molecule has 0 unspecified atom stereocenters. The second-order valence-corrected chi connectivity index (χ2v) is 5.34. The summed E-state index contributed by atoms with van der Waals surface area (Å²) in [5, 5.41) is 0.691. The number of fused-ring (bicyclic) bond motifs is 1. The van der Waals surface area contributed by atoms with Crippen molar-refractivity contribution < 1.29 is 0 Å². The standard InChI is InChI=1S/C17H19N3O/c1-4-8-14-18-16-15(17(21)19-14)11(2)12(3)20(16)13-9-6-5-7-10-13/h5-7,9-10H,4,8H2,1-3H3,(H,18,19,21). The Labute approximate surface area is 123 Å². The molecule has 108 valence electrons. The zero-order valence-corrected chi connectivity index (χ0v) is 12.6. The van der Waals surface area contributed by atoms with Gasteiger partial charge < -0.3 is 4.98 Å². The minimum absolute atomic E-state index is 0.0428. The second-order valence-electron chi connectivity index (χ2n) is 5.34. The smallest absolute Gasteiger partial charge is 0.260 e. The number of nitrogens with zero attached hydrogens (tertiary/aromatic N) is 2. The van der Waals surface area contributed by atoms with E-state index in [9.17, 15) is 4.79 Å². The number of hydrogen-bond donors (Lipinski definition) is 1. The highest BCUT2D eigenvalue weighted by Gasteiger charge is 2.17. The Bertz CT molecular complexity index is 844. The third-order valence-electron chi connectivity index (χ3n) is 3.92. The van der Waals surface area contributed by atoms with Crippen molar-refractivity contribution in [3.05, 3.63) is 57.8 Å². The van der Waals surface area contributed by atoms with Gasteiger partial charge in [0.05, 0.1) is 5.39 Å². The van der Waals surface area contributed by atoms with Crippen molar-refractivity contribution in [1.29, 1.82) is 0 Å². The van der Waals surface area contributed by atoms with E-state index in [1.165, 1.54) is 0 Å². The lowest BCUT2D eigenvalue weighted by Gasteiger charge is -2.08. The molecule has 0 aliphatic heterocycles. The molecule has 1 N–H and O–H groups in total. The Balaban J connectivity index is 2.39. The number of aromatic nitrogens is 3. The van der Waals surface area contributed by atoms with Gasteiger partial charge in [-0.2, -0.15) is 0 Å². The Morgan fingerprint density at radius 3 is 2.57 bits per heavy atom. The summed E-state index contributed by atoms with van der Waals surface area (Å²) in [5.41, 5.74) is 3.80. The summed E-state index contributed by atoms with van der Waals surface area (Å²) in [6.07, 6.45) is 1.74. The summed E-state index contributed by atoms with van der Waals surface area (Å²) in [4.78, 5) is 20.0. The molecule has 4 nitrogen and oxygen atoms in total. The Morgan fingerprint density at radius 1 is 1.19 bits per heavy atom. The van der Waals surface area contributed by atoms with E-state index >= 15 is 0 Å². The van der Waals surface area contributed by atoms with E-state index in [-0.39, 0.29) is 5.56 Å². The van der Waals surface area contributed by atoms with Crippen molar-refractivity contribution in [3.63, 3.8) is 0 Å². The lowest BCUT2D eigenvalue weighted by atomic mass is 10.2. The number of para-hydroxylation sites is 1. The van der Waals surface area contributed by atoms with E-state index in [2.05, 4.69) is 16.5 Å². The molecule has 0 bridgehead atoms. The maximum atomic E-state index is 12.4. The van der Waals surface area contributed by atoms with Crippen LogP contribution in [-0.2, 0) is 6.42 Å². The molecule has 21 heavy (non-hydrogen) atoms. The van der Waals surface area contributed by atoms with Crippen LogP contribution in [0.25, 0.3) is 16.7 Å². The normalized spacial score (nSPS) is 11.2. The van der Waals surface area contributed by atoms with Crippen LogP contribution in [0.5, 0.6) is 0 Å². The molecule has 3 aromatic rings. The van der Waals surface area contributed by atoms with Gasteiger partial charge in [-0.3, -0.25) is 9.36 Å². The first kappa shape index (κ1) is 13.6. The highest BCUT2D eigenvalue weighted by Crippen LogP contribution is 2.24. The zero-order chi connectivity index (χ0) is 15.0. The summed E-state index contributed by atoms with van der Waals surface area (Å²) in [7, 11) is 0. The van der Waals surface area contributed by atoms with Crippen molar-refractivity contribution in [2.45, 2.75) is 33.6 Å². The molecule has 0 radical (unpaired) electrons. The molecule has 0 aliphatic rings. The first-order chi connectivity index (χ1) is 10.1. The minimum atomic E-state index is -0.0428. The Kier molecular flexibility index (Phi) is 3.37. The fourth-order valence-electron chi connectivity index (χ4n) is 2.76. The largest absolute Gasteiger partial charge is 0.310 e. The van der Waals surface area contributed by atoms with Gasteiger partial charge >= 0.3 is 0 Å². The van der Waals surface area contributed by atoms with Gasteiger partial charge in [0.2, 0.25) is 0 Å². The van der Waals surface area contributed by atoms with Gasteiger partial charge in [-0.1, -0.05) is 25.1 Å². The van der Waals surface area contributed by atoms with Crippen molar-refractivity contribution in [2.24, 2.45) is 0 Å². The number of nitrogens with one attached hydrogen (secondary N) is 1. The lowest BCUT2D eigenvalue weighted by molar-refractivity contribution is 0.831. The average Bonchev–Trinajstić information content (AvgIpc) is 2.72. The van der Waals surface area contributed by atoms with Gasteiger partial charge in [0.25, 0.3) is 5.56 Å². The molecule has 2 heterocycles. The van der Waals surface area contributed by atoms with Gasteiger partial charge in [0.15, 0.2) is 5.65 Å². The van der Waals surface area contributed by atoms with E-state index in [1.54, 1.807) is 0 Å². The summed E-state index contributed by atoms with van der Waals surface area (Å²) in [6.45, 7) is 6.09. The van der Waals surface area contributed by atoms with Crippen molar-refractivity contribution in [3.8, 4) is 5.69 Å². The third-order valence-corrected chi connectivity index (χ3v) is 3.92. The minimum Gasteiger partial charge on any atom is -0.310 e. The molecule has 2 aromatic heterocycles. The van der Waals surface area contributed by atoms with Crippen LogP contribution in [0.2, 0.25) is 0 Å². The molecule has 0 saturated heterocycles. The highest BCUT2D eigenvalue weighted by atomic mass is 16.1. The van der Waals surface area contributed by atoms with Crippen LogP contribution in [0.3, 0.4) is 0 Å². The van der Waals surface area contributed by atoms with Crippen LogP contribution < -0.4 is 5.56 Å². The highest BCUT2D eigenvalue weighted by molar-refractivity contribution is 5.83. The van der Waals surface area contributed by atoms with Crippen LogP contribution in [0, 0.1) is 13.8 Å². The number of H-pyrrole nitrogens is 1. The number of benzene rings is 1. The van der Waals surface area contributed by atoms with Gasteiger partial charge in [-0.05, 0) is 38.0 Å². The molecule has 4 heteroatoms. The monoisotopic (exact) mass is 281 g/mol. The summed E-state index contributed by atoms with van der Waals surface area (Å²) in [6, 6.07) is 10.1. The first-order valence-corrected chi connectivity index (χ1v) is 7.29. The maximum absolute atomic E-state index is 12.4. The van der Waals surface area contributed by atoms with E-state index in [0.29, 0.717) is 5.39 Å². The number of aromatic amines is 1. The fraction of sp³-hybridized carbons (Fsp3) is 0.294. The van der Waals surface area contributed by atoms with Gasteiger partial charge in [0, 0.05) is 17.8 Å². The van der Waals surface area contributed by atoms with Crippen molar-refractivity contribution in [2.75, 3.05) is 0 Å². The third kappa shape index (κ3) is 2.17. The quantitative estimate of drug-likeness (QED) is 0.801. The van der Waals surface area contributed by atoms with Crippen LogP contribution >= 0.6 is 0 Å². The van der Waals surface area contributed by atoms with Crippen LogP contribution in [-0.4, -0.2) is 14.5 Å². The average molecular weight is 281 g/mol. The van der Waals surface area contributed by atoms with Crippen LogP contribution in [0.1, 0.15) is 30.4 Å². The molecule has 0 saturated carbocycles. The van der Waals surface area contributed by atoms with E-state index in [0.717, 1.165) is 41.3 Å². The predicted octanol–water partition coefficient (Wildman–Crippen LogP) is 3.28. The molecular weight excluding hydrogens is 262 g/mol. The molecule has 0 spiro atoms. The van der Waals surface area contributed by atoms with Gasteiger partial charge in [0.1, 0.15) is 5.82 Å². The maximum Gasteiger partial charge on any atom is 0.260 e. The Morgan fingerprint density at radius 2 is 1.90 bits per heavy atom. The predicted molar refractivity (Wildman–Crippen MR) is 85.2 cm³/mol. The fourth-order valence-corrected chi connectivity index (χ4v) is 2.76. The summed E-state index contributed by atoms with van der Waals surface area (Å²) >= 11 is 0. The van der Waals surface area contributed by atoms with Crippen molar-refractivity contribution >= 4 is 11.0 Å². The SMILES string of the molecule is CCCc1nc2c(c(C)c(C)n2-c2ccccc2)c(=O)[nH]1. The van der Waals surface area contributed by atoms with E-state index in [4.69, 9.17) is 4.98 Å². The lowest BCUT2D eigenvalue weighted by Crippen LogP contribution is -2.12. The van der Waals surface area contributed by atoms with Crippen LogP contribution in [0.15, 0.2) is 35.1 Å². The van der Waals surface area contributed by atoms with Gasteiger partial charge in [-0.25, -0.2) is 4.98 Å². The van der Waals surface area contributed by atoms with E-state index in [1.807, 2.05) is 44.2 Å². The van der Waals surface area contributed by atoms with Crippen molar-refractivity contribution in [1.82, 2.24) is 14.5 Å². The van der Waals surface area contributed by atoms with E-state index < -0.39 is 0 Å². The number of aryl methyl sites for hydroxylation is 2. The molecule has 3 rings (SSSR count). The zero-order valence-electron chi connectivity index (χ0n) is 12.6.